The Morgan fingerprint density at radius 1 is 1.20 bits per heavy atom. The Labute approximate surface area is 83.5 Å². The van der Waals surface area contributed by atoms with Crippen LogP contribution in [0.2, 0.25) is 19.8 Å². The molecule has 0 aromatic heterocycles. The number of rotatable bonds is 3. The summed E-state index contributed by atoms with van der Waals surface area (Å²) in [5, 5.41) is 9.15. The van der Waals surface area contributed by atoms with Gasteiger partial charge in [0.25, 0.3) is 0 Å². The van der Waals surface area contributed by atoms with Crippen molar-refractivity contribution >= 4 is 52.1 Å². The van der Waals surface area contributed by atoms with Crippen LogP contribution in [0.5, 0.6) is 0 Å². The SMILES string of the molecule is [CH3][SnH]([CH3])[C](S)(CO)[SnH]([CH3])[CH3]. The van der Waals surface area contributed by atoms with E-state index in [-0.39, 0.29) is 0.779 Å². The summed E-state index contributed by atoms with van der Waals surface area (Å²) in [4.78, 5) is 9.40. The molecule has 0 saturated heterocycles. The topological polar surface area (TPSA) is 20.2 Å². The van der Waals surface area contributed by atoms with E-state index in [1.807, 2.05) is 0 Å². The molecule has 62 valence electrons. The van der Waals surface area contributed by atoms with Gasteiger partial charge in [0, 0.05) is 0 Å². The average molecular weight is 376 g/mol. The normalized spacial score (nSPS) is 13.2. The number of hydrogen-bond acceptors (Lipinski definition) is 2. The van der Waals surface area contributed by atoms with Gasteiger partial charge in [0.05, 0.1) is 0 Å². The van der Waals surface area contributed by atoms with Gasteiger partial charge in [-0.2, -0.15) is 0 Å². The van der Waals surface area contributed by atoms with Gasteiger partial charge in [0.15, 0.2) is 0 Å². The van der Waals surface area contributed by atoms with Gasteiger partial charge in [-0.25, -0.2) is 0 Å². The molecule has 0 aromatic rings. The van der Waals surface area contributed by atoms with Crippen molar-refractivity contribution < 1.29 is 5.11 Å². The van der Waals surface area contributed by atoms with Gasteiger partial charge in [-0.15, -0.1) is 0 Å². The maximum absolute atomic E-state index is 9.15. The molecule has 4 heteroatoms. The zero-order valence-corrected chi connectivity index (χ0v) is 14.7. The molecule has 0 aliphatic carbocycles. The summed E-state index contributed by atoms with van der Waals surface area (Å²) in [6, 6.07) is 0. The number of hydrogen-bond donors (Lipinski definition) is 2. The second kappa shape index (κ2) is 4.82. The first-order chi connectivity index (χ1) is 4.45. The van der Waals surface area contributed by atoms with Crippen LogP contribution in [-0.4, -0.2) is 52.0 Å². The van der Waals surface area contributed by atoms with Gasteiger partial charge in [-0.05, 0) is 0 Å². The van der Waals surface area contributed by atoms with Crippen LogP contribution in [0.15, 0.2) is 0 Å². The number of aliphatic hydroxyl groups is 1. The van der Waals surface area contributed by atoms with E-state index in [4.69, 9.17) is 5.11 Å². The summed E-state index contributed by atoms with van der Waals surface area (Å²) in [5.74, 6) is 0. The molecular formula is C6H18OSSn2. The molecule has 0 amide bonds. The van der Waals surface area contributed by atoms with Crippen LogP contribution in [0, 0.1) is 0 Å². The summed E-state index contributed by atoms with van der Waals surface area (Å²) >= 11 is 1.85. The van der Waals surface area contributed by atoms with Gasteiger partial charge in [-0.1, -0.05) is 0 Å². The molecule has 0 unspecified atom stereocenters. The molecule has 0 atom stereocenters. The predicted molar refractivity (Wildman–Crippen MR) is 56.6 cm³/mol. The second-order valence-corrected chi connectivity index (χ2v) is 31.6. The van der Waals surface area contributed by atoms with Gasteiger partial charge in [-0.3, -0.25) is 0 Å². The van der Waals surface area contributed by atoms with E-state index >= 15 is 0 Å². The van der Waals surface area contributed by atoms with Crippen LogP contribution in [0.4, 0.5) is 0 Å². The van der Waals surface area contributed by atoms with Gasteiger partial charge in [0.1, 0.15) is 0 Å². The van der Waals surface area contributed by atoms with Crippen molar-refractivity contribution in [2.45, 2.75) is 20.5 Å². The third-order valence-corrected chi connectivity index (χ3v) is 47.3. The maximum atomic E-state index is 9.15. The van der Waals surface area contributed by atoms with Crippen molar-refractivity contribution in [1.29, 1.82) is 0 Å². The van der Waals surface area contributed by atoms with Crippen molar-refractivity contribution in [3.8, 4) is 0 Å². The van der Waals surface area contributed by atoms with Crippen LogP contribution in [0.3, 0.4) is 0 Å². The minimum atomic E-state index is -1.40. The van der Waals surface area contributed by atoms with Gasteiger partial charge in [0.2, 0.25) is 0 Å². The first-order valence-electron chi connectivity index (χ1n) is 3.78. The Morgan fingerprint density at radius 3 is 1.50 bits per heavy atom. The summed E-state index contributed by atoms with van der Waals surface area (Å²) in [6.45, 7) is 0.345. The molecule has 0 aliphatic rings. The summed E-state index contributed by atoms with van der Waals surface area (Å²) < 4.78 is 0.212. The molecule has 0 bridgehead atoms. The number of thiol groups is 1. The predicted octanol–water partition coefficient (Wildman–Crippen LogP) is 0.699. The Bertz CT molecular complexity index is 97.9. The molecule has 0 fully saturated rings. The number of aliphatic hydroxyl groups excluding tert-OH is 1. The average Bonchev–Trinajstić information content (AvgIpc) is 1.85. The van der Waals surface area contributed by atoms with Crippen molar-refractivity contribution in [2.24, 2.45) is 0 Å². The summed E-state index contributed by atoms with van der Waals surface area (Å²) in [7, 11) is 0. The van der Waals surface area contributed by atoms with Crippen molar-refractivity contribution in [3.63, 3.8) is 0 Å². The summed E-state index contributed by atoms with van der Waals surface area (Å²) in [5.41, 5.74) is 0. The Kier molecular flexibility index (Phi) is 5.74. The van der Waals surface area contributed by atoms with Gasteiger partial charge >= 0.3 is 84.4 Å². The zero-order valence-electron chi connectivity index (χ0n) is 7.26. The quantitative estimate of drug-likeness (QED) is 0.550. The van der Waals surface area contributed by atoms with Crippen LogP contribution >= 0.6 is 12.6 Å². The molecule has 1 N–H and O–H groups in total. The third kappa shape index (κ3) is 2.75. The fourth-order valence-electron chi connectivity index (χ4n) is 1.03. The van der Waals surface area contributed by atoms with Crippen molar-refractivity contribution in [2.75, 3.05) is 6.61 Å². The molecule has 0 radical (unpaired) electrons. The Balaban J connectivity index is 4.23. The molecule has 0 saturated carbocycles. The minimum absolute atomic E-state index is 0.212. The molecular weight excluding hydrogens is 358 g/mol. The molecule has 0 spiro atoms. The molecule has 0 heterocycles. The Hall–Kier alpha value is 1.91. The van der Waals surface area contributed by atoms with Crippen LogP contribution in [-0.2, 0) is 0 Å². The molecule has 0 rings (SSSR count). The molecule has 0 aliphatic heterocycles. The molecule has 1 nitrogen and oxygen atoms in total. The fourth-order valence-corrected chi connectivity index (χ4v) is 32.4. The molecule has 0 aromatic carbocycles. The Morgan fingerprint density at radius 2 is 1.50 bits per heavy atom. The zero-order chi connectivity index (χ0) is 8.36. The van der Waals surface area contributed by atoms with Crippen molar-refractivity contribution in [3.05, 3.63) is 0 Å². The van der Waals surface area contributed by atoms with E-state index in [0.29, 0.717) is 6.61 Å². The van der Waals surface area contributed by atoms with Gasteiger partial charge < -0.3 is 0 Å². The van der Waals surface area contributed by atoms with Crippen molar-refractivity contribution in [1.82, 2.24) is 0 Å². The first kappa shape index (κ1) is 11.9. The van der Waals surface area contributed by atoms with E-state index in [9.17, 15) is 0 Å². The summed E-state index contributed by atoms with van der Waals surface area (Å²) in [6.07, 6.45) is 0. The van der Waals surface area contributed by atoms with E-state index in [1.165, 1.54) is 0 Å². The third-order valence-electron chi connectivity index (χ3n) is 2.25. The van der Waals surface area contributed by atoms with Crippen LogP contribution in [0.25, 0.3) is 0 Å². The fraction of sp³-hybridized carbons (Fsp3) is 1.00. The molecule has 10 heavy (non-hydrogen) atoms. The van der Waals surface area contributed by atoms with Crippen LogP contribution < -0.4 is 0 Å². The van der Waals surface area contributed by atoms with E-state index in [0.717, 1.165) is 0 Å². The van der Waals surface area contributed by atoms with E-state index in [2.05, 4.69) is 32.4 Å². The second-order valence-electron chi connectivity index (χ2n) is 3.46. The first-order valence-corrected chi connectivity index (χ1v) is 20.7. The van der Waals surface area contributed by atoms with E-state index < -0.39 is 39.5 Å². The van der Waals surface area contributed by atoms with Crippen LogP contribution in [0.1, 0.15) is 0 Å². The standard InChI is InChI=1S/C2H4OS.4CH3.2Sn.2H/c3-1-2-4;;;;;;;;/h3-4H,1H2;4*1H3;;;;. The van der Waals surface area contributed by atoms with E-state index in [1.54, 1.807) is 0 Å². The monoisotopic (exact) mass is 378 g/mol.